The van der Waals surface area contributed by atoms with Crippen molar-refractivity contribution in [2.75, 3.05) is 0 Å². The van der Waals surface area contributed by atoms with E-state index in [9.17, 15) is 0 Å². The van der Waals surface area contributed by atoms with E-state index < -0.39 is 0 Å². The summed E-state index contributed by atoms with van der Waals surface area (Å²) in [5.74, 6) is 0. The van der Waals surface area contributed by atoms with Crippen LogP contribution in [-0.2, 0) is 0 Å². The fraction of sp³-hybridized carbons (Fsp3) is 0. The molecular weight excluding hydrogens is 528 g/mol. The Kier molecular flexibility index (Phi) is 4.81. The van der Waals surface area contributed by atoms with Gasteiger partial charge in [0.2, 0.25) is 0 Å². The highest BCUT2D eigenvalue weighted by molar-refractivity contribution is 6.28. The molecule has 0 radical (unpaired) electrons. The van der Waals surface area contributed by atoms with E-state index in [1.54, 1.807) is 0 Å². The minimum absolute atomic E-state index is 1.24. The van der Waals surface area contributed by atoms with E-state index in [4.69, 9.17) is 0 Å². The van der Waals surface area contributed by atoms with Crippen molar-refractivity contribution < 1.29 is 0 Å². The molecule has 0 heteroatoms. The normalized spacial score (nSPS) is 12.1. The Morgan fingerprint density at radius 2 is 0.727 bits per heavy atom. The average molecular weight is 555 g/mol. The fourth-order valence-electron chi connectivity index (χ4n) is 7.59. The lowest BCUT2D eigenvalue weighted by atomic mass is 9.91. The second-order valence-corrected chi connectivity index (χ2v) is 12.1. The van der Waals surface area contributed by atoms with Crippen molar-refractivity contribution in [1.29, 1.82) is 0 Å². The van der Waals surface area contributed by atoms with Crippen LogP contribution in [0.5, 0.6) is 0 Å². The summed E-state index contributed by atoms with van der Waals surface area (Å²) in [4.78, 5) is 0. The monoisotopic (exact) mass is 554 g/mol. The first-order chi connectivity index (χ1) is 21.8. The van der Waals surface area contributed by atoms with Crippen LogP contribution in [0.1, 0.15) is 0 Å². The summed E-state index contributed by atoms with van der Waals surface area (Å²) in [6, 6.07) is 58.6. The molecule has 0 atom stereocenters. The second kappa shape index (κ2) is 8.89. The highest BCUT2D eigenvalue weighted by atomic mass is 14.3. The molecule has 0 spiro atoms. The molecule has 0 N–H and O–H groups in total. The zero-order chi connectivity index (χ0) is 28.8. The molecule has 44 heavy (non-hydrogen) atoms. The molecular formula is C44H26. The SMILES string of the molecule is c1ccc2c(c1)-c1cccc3c1c-2cc1ccc2cc(-c4ccc5cc(-c6ccc7ccccc7c6)ccc5c4)ccc2c13. The number of hydrogen-bond acceptors (Lipinski definition) is 0. The van der Waals surface area contributed by atoms with E-state index >= 15 is 0 Å². The van der Waals surface area contributed by atoms with Crippen molar-refractivity contribution in [2.24, 2.45) is 0 Å². The molecule has 9 aromatic rings. The van der Waals surface area contributed by atoms with Crippen LogP contribution in [0.15, 0.2) is 158 Å². The molecule has 0 saturated heterocycles. The van der Waals surface area contributed by atoms with E-state index in [2.05, 4.69) is 158 Å². The van der Waals surface area contributed by atoms with Crippen molar-refractivity contribution >= 4 is 53.9 Å². The van der Waals surface area contributed by atoms with Crippen molar-refractivity contribution in [2.45, 2.75) is 0 Å². The molecule has 0 unspecified atom stereocenters. The quantitative estimate of drug-likeness (QED) is 0.186. The summed E-state index contributed by atoms with van der Waals surface area (Å²) in [5, 5.41) is 13.0. The van der Waals surface area contributed by atoms with Gasteiger partial charge in [-0.15, -0.1) is 0 Å². The Morgan fingerprint density at radius 3 is 1.45 bits per heavy atom. The lowest BCUT2D eigenvalue weighted by Crippen LogP contribution is -1.85. The standard InChI is InChI=1S/C44H26/c1-2-7-28-22-29(13-12-27(28)6-1)30-14-15-32-24-33(17-16-31(32)23-30)34-20-21-37-35(25-34)18-19-36-26-42-39-9-4-3-8-38(39)40-10-5-11-41(43(36)37)44(40)42/h1-26H. The van der Waals surface area contributed by atoms with Gasteiger partial charge >= 0.3 is 0 Å². The summed E-state index contributed by atoms with van der Waals surface area (Å²) in [6.45, 7) is 0. The third-order valence-corrected chi connectivity index (χ3v) is 9.72. The molecule has 202 valence electrons. The Balaban J connectivity index is 1.08. The molecule has 1 aliphatic carbocycles. The lowest BCUT2D eigenvalue weighted by Gasteiger charge is -2.12. The average Bonchev–Trinajstić information content (AvgIpc) is 3.41. The van der Waals surface area contributed by atoms with Crippen molar-refractivity contribution in [3.05, 3.63) is 158 Å². The smallest absolute Gasteiger partial charge is 0.00197 e. The summed E-state index contributed by atoms with van der Waals surface area (Å²) in [5.41, 5.74) is 10.4. The Labute approximate surface area is 255 Å². The molecule has 0 saturated carbocycles. The summed E-state index contributed by atoms with van der Waals surface area (Å²) >= 11 is 0. The maximum absolute atomic E-state index is 2.40. The van der Waals surface area contributed by atoms with Crippen molar-refractivity contribution in [3.8, 4) is 44.5 Å². The predicted octanol–water partition coefficient (Wildman–Crippen LogP) is 12.4. The summed E-state index contributed by atoms with van der Waals surface area (Å²) < 4.78 is 0. The minimum Gasteiger partial charge on any atom is -0.0616 e. The van der Waals surface area contributed by atoms with E-state index in [0.29, 0.717) is 0 Å². The fourth-order valence-corrected chi connectivity index (χ4v) is 7.59. The molecule has 0 aromatic heterocycles. The molecule has 0 nitrogen and oxygen atoms in total. The van der Waals surface area contributed by atoms with Gasteiger partial charge in [0.1, 0.15) is 0 Å². The second-order valence-electron chi connectivity index (χ2n) is 12.1. The number of fused-ring (bicyclic) bond motifs is 9. The summed E-state index contributed by atoms with van der Waals surface area (Å²) in [7, 11) is 0. The molecule has 9 aromatic carbocycles. The van der Waals surface area contributed by atoms with Crippen LogP contribution in [0.4, 0.5) is 0 Å². The first-order valence-corrected chi connectivity index (χ1v) is 15.3. The topological polar surface area (TPSA) is 0 Å². The largest absolute Gasteiger partial charge is 0.0616 e. The van der Waals surface area contributed by atoms with Crippen molar-refractivity contribution in [3.63, 3.8) is 0 Å². The molecule has 10 rings (SSSR count). The predicted molar refractivity (Wildman–Crippen MR) is 189 cm³/mol. The van der Waals surface area contributed by atoms with Gasteiger partial charge in [0.25, 0.3) is 0 Å². The van der Waals surface area contributed by atoms with E-state index in [-0.39, 0.29) is 0 Å². The number of rotatable bonds is 2. The van der Waals surface area contributed by atoms with Gasteiger partial charge in [-0.2, -0.15) is 0 Å². The van der Waals surface area contributed by atoms with Crippen LogP contribution in [0.25, 0.3) is 98.4 Å². The maximum atomic E-state index is 2.40. The van der Waals surface area contributed by atoms with Crippen LogP contribution in [0.3, 0.4) is 0 Å². The van der Waals surface area contributed by atoms with Gasteiger partial charge in [-0.3, -0.25) is 0 Å². The Bertz CT molecular complexity index is 2650. The van der Waals surface area contributed by atoms with Crippen LogP contribution in [-0.4, -0.2) is 0 Å². The molecule has 0 bridgehead atoms. The Hall–Kier alpha value is -5.72. The maximum Gasteiger partial charge on any atom is -0.00197 e. The lowest BCUT2D eigenvalue weighted by molar-refractivity contribution is 1.66. The van der Waals surface area contributed by atoms with Crippen LogP contribution >= 0.6 is 0 Å². The van der Waals surface area contributed by atoms with Gasteiger partial charge in [-0.25, -0.2) is 0 Å². The van der Waals surface area contributed by atoms with Crippen LogP contribution < -0.4 is 0 Å². The molecule has 1 aliphatic rings. The highest BCUT2D eigenvalue weighted by Crippen LogP contribution is 2.50. The van der Waals surface area contributed by atoms with Crippen LogP contribution in [0, 0.1) is 0 Å². The van der Waals surface area contributed by atoms with Gasteiger partial charge in [0.05, 0.1) is 0 Å². The molecule has 0 amide bonds. The van der Waals surface area contributed by atoms with Crippen molar-refractivity contribution in [1.82, 2.24) is 0 Å². The van der Waals surface area contributed by atoms with Gasteiger partial charge in [-0.05, 0) is 129 Å². The third kappa shape index (κ3) is 3.40. The van der Waals surface area contributed by atoms with Gasteiger partial charge in [-0.1, -0.05) is 127 Å². The van der Waals surface area contributed by atoms with E-state index in [1.807, 2.05) is 0 Å². The van der Waals surface area contributed by atoms with Gasteiger partial charge in [0, 0.05) is 0 Å². The first kappa shape index (κ1) is 23.8. The molecule has 0 aliphatic heterocycles. The van der Waals surface area contributed by atoms with Crippen LogP contribution in [0.2, 0.25) is 0 Å². The first-order valence-electron chi connectivity index (χ1n) is 15.3. The zero-order valence-electron chi connectivity index (χ0n) is 24.0. The minimum atomic E-state index is 1.24. The number of hydrogen-bond donors (Lipinski definition) is 0. The highest BCUT2D eigenvalue weighted by Gasteiger charge is 2.22. The Morgan fingerprint density at radius 1 is 0.227 bits per heavy atom. The molecule has 0 fully saturated rings. The number of benzene rings is 9. The van der Waals surface area contributed by atoms with Gasteiger partial charge < -0.3 is 0 Å². The molecule has 0 heterocycles. The van der Waals surface area contributed by atoms with E-state index in [0.717, 1.165) is 0 Å². The summed E-state index contributed by atoms with van der Waals surface area (Å²) in [6.07, 6.45) is 0. The third-order valence-electron chi connectivity index (χ3n) is 9.72. The van der Waals surface area contributed by atoms with Gasteiger partial charge in [0.15, 0.2) is 0 Å². The zero-order valence-corrected chi connectivity index (χ0v) is 24.0. The van der Waals surface area contributed by atoms with E-state index in [1.165, 1.54) is 98.4 Å².